The van der Waals surface area contributed by atoms with Crippen LogP contribution in [-0.2, 0) is 15.0 Å². The summed E-state index contributed by atoms with van der Waals surface area (Å²) in [5, 5.41) is 13.0. The summed E-state index contributed by atoms with van der Waals surface area (Å²) in [6, 6.07) is 15.1. The molecular formula is C18H12O4. The molecular weight excluding hydrogens is 280 g/mol. The first kappa shape index (κ1) is 12.8. The van der Waals surface area contributed by atoms with Gasteiger partial charge in [-0.25, -0.2) is 0 Å². The van der Waals surface area contributed by atoms with E-state index in [9.17, 15) is 14.7 Å². The smallest absolute Gasteiger partial charge is 0.333 e. The molecule has 0 saturated carbocycles. The number of benzene rings is 3. The van der Waals surface area contributed by atoms with Crippen molar-refractivity contribution in [2.24, 2.45) is 0 Å². The summed E-state index contributed by atoms with van der Waals surface area (Å²) in [5.41, 5.74) is -1.24. The average molecular weight is 292 g/mol. The molecule has 22 heavy (non-hydrogen) atoms. The molecule has 0 aromatic heterocycles. The zero-order valence-electron chi connectivity index (χ0n) is 11.8. The number of hydrogen-bond acceptors (Lipinski definition) is 3. The van der Waals surface area contributed by atoms with Crippen molar-refractivity contribution in [1.29, 1.82) is 0 Å². The largest absolute Gasteiger partial charge is 0.480 e. The Morgan fingerprint density at radius 1 is 0.955 bits per heavy atom. The second-order valence-corrected chi connectivity index (χ2v) is 5.61. The van der Waals surface area contributed by atoms with Crippen LogP contribution in [0.25, 0.3) is 21.5 Å². The molecule has 1 heterocycles. The Hall–Kier alpha value is -2.88. The molecule has 4 nitrogen and oxygen atoms in total. The number of hydrogen-bond donors (Lipinski definition) is 1. The van der Waals surface area contributed by atoms with Gasteiger partial charge in [-0.2, -0.15) is 0 Å². The standard InChI is InChI=1S/C18H12O4/c1-18(16(19)20)14-12-8-4-2-6-10(12)11-7-3-5-9-13(11)15(14)22-17(18)21/h2-9H,1H3,(H,19,20). The van der Waals surface area contributed by atoms with Gasteiger partial charge in [0.05, 0.1) is 0 Å². The van der Waals surface area contributed by atoms with Gasteiger partial charge in [0.15, 0.2) is 5.41 Å². The third kappa shape index (κ3) is 1.36. The van der Waals surface area contributed by atoms with E-state index >= 15 is 0 Å². The summed E-state index contributed by atoms with van der Waals surface area (Å²) < 4.78 is 5.39. The van der Waals surface area contributed by atoms with E-state index in [1.54, 1.807) is 0 Å². The minimum Gasteiger partial charge on any atom is -0.480 e. The van der Waals surface area contributed by atoms with Crippen molar-refractivity contribution in [3.63, 3.8) is 0 Å². The van der Waals surface area contributed by atoms with Crippen LogP contribution in [0.5, 0.6) is 5.75 Å². The number of ether oxygens (including phenoxy) is 1. The van der Waals surface area contributed by atoms with Gasteiger partial charge in [-0.15, -0.1) is 0 Å². The molecule has 0 aliphatic carbocycles. The highest BCUT2D eigenvalue weighted by Crippen LogP contribution is 2.49. The Balaban J connectivity index is 2.30. The van der Waals surface area contributed by atoms with Gasteiger partial charge in [0.2, 0.25) is 0 Å². The maximum atomic E-state index is 12.3. The third-order valence-corrected chi connectivity index (χ3v) is 4.42. The van der Waals surface area contributed by atoms with Crippen molar-refractivity contribution >= 4 is 33.5 Å². The van der Waals surface area contributed by atoms with Gasteiger partial charge in [-0.05, 0) is 23.1 Å². The lowest BCUT2D eigenvalue weighted by Gasteiger charge is -2.17. The Kier molecular flexibility index (Phi) is 2.37. The number of esters is 1. The van der Waals surface area contributed by atoms with Crippen LogP contribution in [0.1, 0.15) is 12.5 Å². The van der Waals surface area contributed by atoms with Crippen molar-refractivity contribution in [2.45, 2.75) is 12.3 Å². The highest BCUT2D eigenvalue weighted by atomic mass is 16.5. The van der Waals surface area contributed by atoms with Crippen LogP contribution in [0, 0.1) is 0 Å². The first-order chi connectivity index (χ1) is 10.5. The zero-order chi connectivity index (χ0) is 15.5. The fourth-order valence-electron chi connectivity index (χ4n) is 3.20. The number of carboxylic acid groups (broad SMARTS) is 1. The molecule has 4 rings (SSSR count). The number of rotatable bonds is 1. The van der Waals surface area contributed by atoms with Gasteiger partial charge in [0.25, 0.3) is 0 Å². The van der Waals surface area contributed by atoms with E-state index in [1.807, 2.05) is 48.5 Å². The highest BCUT2D eigenvalue weighted by Gasteiger charge is 2.53. The Morgan fingerprint density at radius 3 is 2.05 bits per heavy atom. The molecule has 0 saturated heterocycles. The summed E-state index contributed by atoms with van der Waals surface area (Å²) in [5.74, 6) is -1.57. The maximum Gasteiger partial charge on any atom is 0.333 e. The lowest BCUT2D eigenvalue weighted by molar-refractivity contribution is -0.152. The fraction of sp³-hybridized carbons (Fsp3) is 0.111. The lowest BCUT2D eigenvalue weighted by Crippen LogP contribution is -2.38. The normalized spacial score (nSPS) is 20.1. The molecule has 1 atom stereocenters. The SMILES string of the molecule is CC1(C(=O)O)C(=O)Oc2c1c1ccccc1c1ccccc21. The van der Waals surface area contributed by atoms with Gasteiger partial charge in [-0.3, -0.25) is 9.59 Å². The van der Waals surface area contributed by atoms with Gasteiger partial charge in [-0.1, -0.05) is 48.5 Å². The number of carbonyl (C=O) groups excluding carboxylic acids is 1. The average Bonchev–Trinajstić information content (AvgIpc) is 2.81. The molecule has 3 aromatic rings. The predicted molar refractivity (Wildman–Crippen MR) is 82.1 cm³/mol. The molecule has 1 unspecified atom stereocenters. The summed E-state index contributed by atoms with van der Waals surface area (Å²) in [4.78, 5) is 24.1. The van der Waals surface area contributed by atoms with E-state index in [-0.39, 0.29) is 0 Å². The summed E-state index contributed by atoms with van der Waals surface area (Å²) in [6.45, 7) is 1.41. The molecule has 0 fully saturated rings. The van der Waals surface area contributed by atoms with Crippen molar-refractivity contribution < 1.29 is 19.4 Å². The molecule has 3 aromatic carbocycles. The Labute approximate surface area is 125 Å². The fourth-order valence-corrected chi connectivity index (χ4v) is 3.20. The quantitative estimate of drug-likeness (QED) is 0.323. The molecule has 1 N–H and O–H groups in total. The minimum absolute atomic E-state index is 0.365. The minimum atomic E-state index is -1.68. The van der Waals surface area contributed by atoms with Crippen LogP contribution in [0.3, 0.4) is 0 Å². The van der Waals surface area contributed by atoms with Crippen LogP contribution in [0.15, 0.2) is 48.5 Å². The number of aliphatic carboxylic acids is 1. The first-order valence-electron chi connectivity index (χ1n) is 6.94. The van der Waals surface area contributed by atoms with Gasteiger partial charge >= 0.3 is 11.9 Å². The first-order valence-corrected chi connectivity index (χ1v) is 6.94. The van der Waals surface area contributed by atoms with Crippen molar-refractivity contribution in [2.75, 3.05) is 0 Å². The summed E-state index contributed by atoms with van der Waals surface area (Å²) >= 11 is 0. The zero-order valence-corrected chi connectivity index (χ0v) is 11.8. The Morgan fingerprint density at radius 2 is 1.45 bits per heavy atom. The van der Waals surface area contributed by atoms with E-state index in [2.05, 4.69) is 0 Å². The van der Waals surface area contributed by atoms with Crippen molar-refractivity contribution in [3.05, 3.63) is 54.1 Å². The topological polar surface area (TPSA) is 63.6 Å². The van der Waals surface area contributed by atoms with Gasteiger partial charge in [0.1, 0.15) is 5.75 Å². The Bertz CT molecular complexity index is 973. The highest BCUT2D eigenvalue weighted by molar-refractivity contribution is 6.21. The summed E-state index contributed by atoms with van der Waals surface area (Å²) in [6.07, 6.45) is 0. The van der Waals surface area contributed by atoms with Crippen LogP contribution >= 0.6 is 0 Å². The molecule has 0 amide bonds. The van der Waals surface area contributed by atoms with E-state index < -0.39 is 17.4 Å². The molecule has 0 bridgehead atoms. The lowest BCUT2D eigenvalue weighted by atomic mass is 9.80. The van der Waals surface area contributed by atoms with Crippen LogP contribution in [-0.4, -0.2) is 17.0 Å². The van der Waals surface area contributed by atoms with E-state index in [0.29, 0.717) is 11.3 Å². The van der Waals surface area contributed by atoms with Crippen molar-refractivity contribution in [1.82, 2.24) is 0 Å². The molecule has 1 aliphatic heterocycles. The molecule has 0 spiro atoms. The number of fused-ring (bicyclic) bond motifs is 6. The number of carboxylic acids is 1. The summed E-state index contributed by atoms with van der Waals surface area (Å²) in [7, 11) is 0. The van der Waals surface area contributed by atoms with E-state index in [0.717, 1.165) is 21.5 Å². The van der Waals surface area contributed by atoms with E-state index in [4.69, 9.17) is 4.74 Å². The van der Waals surface area contributed by atoms with Crippen LogP contribution in [0.2, 0.25) is 0 Å². The molecule has 4 heteroatoms. The van der Waals surface area contributed by atoms with E-state index in [1.165, 1.54) is 6.92 Å². The molecule has 1 aliphatic rings. The second-order valence-electron chi connectivity index (χ2n) is 5.61. The van der Waals surface area contributed by atoms with Crippen LogP contribution in [0.4, 0.5) is 0 Å². The van der Waals surface area contributed by atoms with Crippen LogP contribution < -0.4 is 4.74 Å². The van der Waals surface area contributed by atoms with Gasteiger partial charge < -0.3 is 9.84 Å². The van der Waals surface area contributed by atoms with Gasteiger partial charge in [0, 0.05) is 10.9 Å². The molecule has 0 radical (unpaired) electrons. The van der Waals surface area contributed by atoms with Crippen molar-refractivity contribution in [3.8, 4) is 5.75 Å². The third-order valence-electron chi connectivity index (χ3n) is 4.42. The monoisotopic (exact) mass is 292 g/mol. The second kappa shape index (κ2) is 4.07. The molecule has 108 valence electrons. The predicted octanol–water partition coefficient (Wildman–Crippen LogP) is 3.25. The maximum absolute atomic E-state index is 12.3. The number of carbonyl (C=O) groups is 2.